The zero-order chi connectivity index (χ0) is 9.64. The molecule has 1 aliphatic heterocycles. The van der Waals surface area contributed by atoms with Gasteiger partial charge in [-0.25, -0.2) is 4.39 Å². The van der Waals surface area contributed by atoms with Gasteiger partial charge in [0.1, 0.15) is 5.83 Å². The van der Waals surface area contributed by atoms with Gasteiger partial charge >= 0.3 is 0 Å². The van der Waals surface area contributed by atoms with Crippen molar-refractivity contribution in [1.29, 1.82) is 0 Å². The minimum absolute atomic E-state index is 0.133. The number of hydrogen-bond donors (Lipinski definition) is 2. The van der Waals surface area contributed by atoms with Crippen molar-refractivity contribution in [1.82, 2.24) is 10.6 Å². The Hall–Kier alpha value is -0.770. The molecular formula is C9H9BrFN2-. The van der Waals surface area contributed by atoms with Gasteiger partial charge in [-0.1, -0.05) is 21.8 Å². The molecule has 0 radical (unpaired) electrons. The van der Waals surface area contributed by atoms with Gasteiger partial charge in [0, 0.05) is 4.48 Å². The predicted molar refractivity (Wildman–Crippen MR) is 52.5 cm³/mol. The fraction of sp³-hybridized carbons (Fsp3) is 0.333. The molecule has 13 heavy (non-hydrogen) atoms. The van der Waals surface area contributed by atoms with Gasteiger partial charge in [0.05, 0.1) is 11.6 Å². The molecule has 4 heteroatoms. The standard InChI is InChI=1S/C9H9BrFN2/c1-5-12-8-4-6(11)3-7(10)9(8,2)13-5/h1,3-4,8,12-13H,2H3/q-1. The van der Waals surface area contributed by atoms with Crippen molar-refractivity contribution in [2.24, 2.45) is 0 Å². The van der Waals surface area contributed by atoms with Crippen LogP contribution in [0.25, 0.3) is 0 Å². The molecule has 0 amide bonds. The fourth-order valence-corrected chi connectivity index (χ4v) is 2.16. The van der Waals surface area contributed by atoms with Gasteiger partial charge in [-0.3, -0.25) is 0 Å². The molecular weight excluding hydrogens is 235 g/mol. The Balaban J connectivity index is 2.43. The van der Waals surface area contributed by atoms with Gasteiger partial charge < -0.3 is 17.2 Å². The number of fused-ring (bicyclic) bond motifs is 1. The lowest BCUT2D eigenvalue weighted by atomic mass is 9.90. The minimum Gasteiger partial charge on any atom is -0.472 e. The second-order valence-corrected chi connectivity index (χ2v) is 4.26. The average Bonchev–Trinajstić information content (AvgIpc) is 2.26. The van der Waals surface area contributed by atoms with E-state index in [4.69, 9.17) is 6.58 Å². The molecule has 0 aromatic heterocycles. The topological polar surface area (TPSA) is 24.1 Å². The third-order valence-electron chi connectivity index (χ3n) is 2.41. The van der Waals surface area contributed by atoms with E-state index in [0.717, 1.165) is 4.48 Å². The first kappa shape index (κ1) is 8.81. The molecule has 2 nitrogen and oxygen atoms in total. The van der Waals surface area contributed by atoms with E-state index in [-0.39, 0.29) is 17.4 Å². The molecule has 0 aromatic carbocycles. The summed E-state index contributed by atoms with van der Waals surface area (Å²) in [5, 5.41) is 6.01. The van der Waals surface area contributed by atoms with Crippen LogP contribution in [0.2, 0.25) is 0 Å². The van der Waals surface area contributed by atoms with Crippen LogP contribution in [0.5, 0.6) is 0 Å². The molecule has 0 spiro atoms. The highest BCUT2D eigenvalue weighted by molar-refractivity contribution is 9.11. The Bertz CT molecular complexity index is 335. The van der Waals surface area contributed by atoms with Gasteiger partial charge in [-0.15, -0.1) is 0 Å². The van der Waals surface area contributed by atoms with E-state index in [1.165, 1.54) is 12.2 Å². The second-order valence-electron chi connectivity index (χ2n) is 3.41. The largest absolute Gasteiger partial charge is 0.472 e. The summed E-state index contributed by atoms with van der Waals surface area (Å²) in [5.41, 5.74) is -0.361. The summed E-state index contributed by atoms with van der Waals surface area (Å²) in [6.45, 7) is 7.53. The lowest BCUT2D eigenvalue weighted by Gasteiger charge is -2.31. The first-order chi connectivity index (χ1) is 6.02. The summed E-state index contributed by atoms with van der Waals surface area (Å²) < 4.78 is 13.8. The molecule has 2 atom stereocenters. The van der Waals surface area contributed by atoms with Gasteiger partial charge in [-0.2, -0.15) is 0 Å². The van der Waals surface area contributed by atoms with E-state index in [0.29, 0.717) is 5.82 Å². The van der Waals surface area contributed by atoms with Gasteiger partial charge in [0.2, 0.25) is 0 Å². The average molecular weight is 244 g/mol. The molecule has 2 unspecified atom stereocenters. The van der Waals surface area contributed by atoms with E-state index in [1.54, 1.807) is 0 Å². The summed E-state index contributed by atoms with van der Waals surface area (Å²) in [7, 11) is 0. The van der Waals surface area contributed by atoms with Crippen LogP contribution in [0.4, 0.5) is 4.39 Å². The lowest BCUT2D eigenvalue weighted by molar-refractivity contribution is 0.469. The van der Waals surface area contributed by atoms with E-state index in [1.807, 2.05) is 6.92 Å². The maximum absolute atomic E-state index is 13.0. The summed E-state index contributed by atoms with van der Waals surface area (Å²) in [6, 6.07) is -0.133. The highest BCUT2D eigenvalue weighted by atomic mass is 79.9. The number of allylic oxidation sites excluding steroid dienone is 2. The highest BCUT2D eigenvalue weighted by Crippen LogP contribution is 2.36. The molecule has 0 aromatic rings. The van der Waals surface area contributed by atoms with Gasteiger partial charge in [-0.05, 0) is 19.1 Å². The van der Waals surface area contributed by atoms with Crippen molar-refractivity contribution in [3.05, 3.63) is 34.9 Å². The highest BCUT2D eigenvalue weighted by Gasteiger charge is 2.41. The number of rotatable bonds is 0. The molecule has 1 fully saturated rings. The summed E-state index contributed by atoms with van der Waals surface area (Å²) in [4.78, 5) is 0. The molecule has 1 heterocycles. The zero-order valence-corrected chi connectivity index (χ0v) is 8.65. The van der Waals surface area contributed by atoms with Crippen molar-refractivity contribution in [3.8, 4) is 0 Å². The smallest absolute Gasteiger partial charge is 0.122 e. The van der Waals surface area contributed by atoms with Crippen molar-refractivity contribution in [2.45, 2.75) is 18.5 Å². The predicted octanol–water partition coefficient (Wildman–Crippen LogP) is 1.73. The number of halogens is 2. The Morgan fingerprint density at radius 3 is 3.08 bits per heavy atom. The Kier molecular flexibility index (Phi) is 1.77. The second kappa shape index (κ2) is 2.61. The van der Waals surface area contributed by atoms with Crippen LogP contribution in [-0.2, 0) is 0 Å². The SMILES string of the molecule is [CH-]=C1NC2C=C(F)C=C(Br)C2(C)N1. The first-order valence-corrected chi connectivity index (χ1v) is 4.74. The summed E-state index contributed by atoms with van der Waals surface area (Å²) >= 11 is 3.33. The van der Waals surface area contributed by atoms with Crippen molar-refractivity contribution in [2.75, 3.05) is 0 Å². The third kappa shape index (κ3) is 1.20. The van der Waals surface area contributed by atoms with Crippen molar-refractivity contribution in [3.63, 3.8) is 0 Å². The van der Waals surface area contributed by atoms with E-state index in [2.05, 4.69) is 26.6 Å². The zero-order valence-electron chi connectivity index (χ0n) is 7.07. The van der Waals surface area contributed by atoms with Gasteiger partial charge in [0.25, 0.3) is 0 Å². The van der Waals surface area contributed by atoms with E-state index < -0.39 is 0 Å². The molecule has 1 aliphatic carbocycles. The maximum atomic E-state index is 13.0. The van der Waals surface area contributed by atoms with Crippen LogP contribution in [0.3, 0.4) is 0 Å². The normalized spacial score (nSPS) is 37.2. The van der Waals surface area contributed by atoms with Crippen LogP contribution in [-0.4, -0.2) is 11.6 Å². The molecule has 70 valence electrons. The quantitative estimate of drug-likeness (QED) is 0.634. The van der Waals surface area contributed by atoms with E-state index in [9.17, 15) is 4.39 Å². The van der Waals surface area contributed by atoms with E-state index >= 15 is 0 Å². The summed E-state index contributed by atoms with van der Waals surface area (Å²) in [6.07, 6.45) is 2.96. The van der Waals surface area contributed by atoms with Crippen LogP contribution in [0.15, 0.2) is 28.3 Å². The van der Waals surface area contributed by atoms with Crippen molar-refractivity contribution >= 4 is 15.9 Å². The fourth-order valence-electron chi connectivity index (χ4n) is 1.60. The van der Waals surface area contributed by atoms with Crippen molar-refractivity contribution < 1.29 is 4.39 Å². The Morgan fingerprint density at radius 1 is 1.69 bits per heavy atom. The first-order valence-electron chi connectivity index (χ1n) is 3.94. The molecule has 0 bridgehead atoms. The number of hydrogen-bond acceptors (Lipinski definition) is 2. The lowest BCUT2D eigenvalue weighted by Crippen LogP contribution is -2.47. The van der Waals surface area contributed by atoms with Gasteiger partial charge in [0.15, 0.2) is 0 Å². The van der Waals surface area contributed by atoms with Crippen LogP contribution in [0, 0.1) is 6.58 Å². The van der Waals surface area contributed by atoms with Crippen LogP contribution in [0.1, 0.15) is 6.92 Å². The molecule has 0 saturated carbocycles. The Labute approximate surface area is 84.7 Å². The van der Waals surface area contributed by atoms with Crippen LogP contribution < -0.4 is 10.6 Å². The monoisotopic (exact) mass is 243 g/mol. The molecule has 2 rings (SSSR count). The maximum Gasteiger partial charge on any atom is 0.122 e. The molecule has 2 aliphatic rings. The molecule has 1 saturated heterocycles. The number of nitrogens with one attached hydrogen (secondary N) is 2. The Morgan fingerprint density at radius 2 is 2.38 bits per heavy atom. The van der Waals surface area contributed by atoms with Crippen LogP contribution >= 0.6 is 15.9 Å². The molecule has 2 N–H and O–H groups in total. The minimum atomic E-state index is -0.361. The summed E-state index contributed by atoms with van der Waals surface area (Å²) in [5.74, 6) is 0.224. The third-order valence-corrected chi connectivity index (χ3v) is 3.47.